The van der Waals surface area contributed by atoms with Crippen molar-refractivity contribution < 1.29 is 10.2 Å². The van der Waals surface area contributed by atoms with Gasteiger partial charge in [0.25, 0.3) is 0 Å². The molecule has 2 atom stereocenters. The molecule has 0 heterocycles. The molecule has 118 valence electrons. The minimum absolute atomic E-state index is 0.185. The first-order valence-electron chi connectivity index (χ1n) is 7.98. The molecular weight excluding hydrogens is 276 g/mol. The predicted molar refractivity (Wildman–Crippen MR) is 93.6 cm³/mol. The molecule has 21 heavy (non-hydrogen) atoms. The lowest BCUT2D eigenvalue weighted by atomic mass is 9.99. The van der Waals surface area contributed by atoms with Gasteiger partial charge in [-0.3, -0.25) is 0 Å². The summed E-state index contributed by atoms with van der Waals surface area (Å²) in [5, 5.41) is 20.3. The Hall–Kier alpha value is -0.903. The van der Waals surface area contributed by atoms with Gasteiger partial charge in [0.15, 0.2) is 0 Å². The lowest BCUT2D eigenvalue weighted by molar-refractivity contribution is 0.122. The monoisotopic (exact) mass is 306 g/mol. The summed E-state index contributed by atoms with van der Waals surface area (Å²) in [6, 6.07) is 11.8. The molecule has 0 aliphatic rings. The van der Waals surface area contributed by atoms with Crippen LogP contribution < -0.4 is 5.19 Å². The standard InChI is InChI=1S/C18H30O2Si/c1-16(18(20)13-7-8-14-19)10-9-15-21(2,3)17-11-5-4-6-12-17/h4-6,9-12,16,18-20H,7-8,13-15H2,1-3H3/b10-9+. The number of aliphatic hydroxyl groups excluding tert-OH is 2. The summed E-state index contributed by atoms with van der Waals surface area (Å²) in [4.78, 5) is 0. The van der Waals surface area contributed by atoms with Gasteiger partial charge in [-0.1, -0.05) is 67.7 Å². The predicted octanol–water partition coefficient (Wildman–Crippen LogP) is 3.32. The molecule has 1 aromatic rings. The molecule has 1 rings (SSSR count). The van der Waals surface area contributed by atoms with Gasteiger partial charge in [0.1, 0.15) is 0 Å². The van der Waals surface area contributed by atoms with Crippen LogP contribution in [0.1, 0.15) is 26.2 Å². The first-order chi connectivity index (χ1) is 9.97. The molecule has 0 aliphatic heterocycles. The number of hydrogen-bond acceptors (Lipinski definition) is 2. The van der Waals surface area contributed by atoms with Crippen molar-refractivity contribution in [1.29, 1.82) is 0 Å². The Morgan fingerprint density at radius 1 is 1.14 bits per heavy atom. The van der Waals surface area contributed by atoms with E-state index in [9.17, 15) is 5.11 Å². The van der Waals surface area contributed by atoms with E-state index in [2.05, 4.69) is 62.5 Å². The highest BCUT2D eigenvalue weighted by Crippen LogP contribution is 2.15. The number of hydrogen-bond donors (Lipinski definition) is 2. The fourth-order valence-electron chi connectivity index (χ4n) is 2.44. The van der Waals surface area contributed by atoms with E-state index in [-0.39, 0.29) is 18.6 Å². The number of aliphatic hydroxyl groups is 2. The van der Waals surface area contributed by atoms with E-state index < -0.39 is 8.07 Å². The molecule has 2 nitrogen and oxygen atoms in total. The van der Waals surface area contributed by atoms with Crippen LogP contribution in [-0.4, -0.2) is 31.0 Å². The molecule has 0 aromatic heterocycles. The van der Waals surface area contributed by atoms with Crippen LogP contribution in [0.3, 0.4) is 0 Å². The summed E-state index contributed by atoms with van der Waals surface area (Å²) in [6.45, 7) is 7.05. The van der Waals surface area contributed by atoms with E-state index in [1.54, 1.807) is 0 Å². The fourth-order valence-corrected chi connectivity index (χ4v) is 4.50. The zero-order chi connectivity index (χ0) is 15.7. The molecule has 1 aromatic carbocycles. The average molecular weight is 307 g/mol. The first kappa shape index (κ1) is 18.1. The van der Waals surface area contributed by atoms with Crippen LogP contribution in [0.4, 0.5) is 0 Å². The summed E-state index contributed by atoms with van der Waals surface area (Å²) in [5.41, 5.74) is 0. The van der Waals surface area contributed by atoms with Gasteiger partial charge in [-0.2, -0.15) is 0 Å². The Labute approximate surface area is 130 Å². The molecule has 0 saturated carbocycles. The van der Waals surface area contributed by atoms with Gasteiger partial charge in [0.2, 0.25) is 0 Å². The maximum absolute atomic E-state index is 10.1. The molecule has 2 unspecified atom stereocenters. The molecule has 3 heteroatoms. The lowest BCUT2D eigenvalue weighted by Crippen LogP contribution is -2.40. The minimum atomic E-state index is -1.41. The van der Waals surface area contributed by atoms with Gasteiger partial charge >= 0.3 is 0 Å². The summed E-state index contributed by atoms with van der Waals surface area (Å²) in [7, 11) is -1.41. The molecule has 0 bridgehead atoms. The maximum Gasteiger partial charge on any atom is 0.0843 e. The largest absolute Gasteiger partial charge is 0.396 e. The third-order valence-corrected chi connectivity index (χ3v) is 7.29. The van der Waals surface area contributed by atoms with E-state index in [4.69, 9.17) is 5.11 Å². The van der Waals surface area contributed by atoms with Crippen molar-refractivity contribution in [3.05, 3.63) is 42.5 Å². The third kappa shape index (κ3) is 6.59. The van der Waals surface area contributed by atoms with Crippen molar-refractivity contribution in [1.82, 2.24) is 0 Å². The highest BCUT2D eigenvalue weighted by molar-refractivity contribution is 6.90. The van der Waals surface area contributed by atoms with E-state index >= 15 is 0 Å². The summed E-state index contributed by atoms with van der Waals surface area (Å²) < 4.78 is 0. The van der Waals surface area contributed by atoms with Crippen LogP contribution in [0.2, 0.25) is 19.1 Å². The minimum Gasteiger partial charge on any atom is -0.396 e. The molecule has 0 amide bonds. The van der Waals surface area contributed by atoms with Crippen LogP contribution in [-0.2, 0) is 0 Å². The van der Waals surface area contributed by atoms with Gasteiger partial charge in [-0.15, -0.1) is 0 Å². The number of allylic oxidation sites excluding steroid dienone is 1. The van der Waals surface area contributed by atoms with E-state index in [1.165, 1.54) is 5.19 Å². The van der Waals surface area contributed by atoms with Gasteiger partial charge < -0.3 is 10.2 Å². The van der Waals surface area contributed by atoms with E-state index in [1.807, 2.05) is 0 Å². The Morgan fingerprint density at radius 3 is 2.43 bits per heavy atom. The Balaban J connectivity index is 2.46. The van der Waals surface area contributed by atoms with Crippen molar-refractivity contribution >= 4 is 13.3 Å². The highest BCUT2D eigenvalue weighted by Gasteiger charge is 2.21. The smallest absolute Gasteiger partial charge is 0.0843 e. The second-order valence-corrected chi connectivity index (χ2v) is 11.3. The summed E-state index contributed by atoms with van der Waals surface area (Å²) in [6.07, 6.45) is 6.54. The quantitative estimate of drug-likeness (QED) is 0.417. The van der Waals surface area contributed by atoms with Crippen molar-refractivity contribution in [3.63, 3.8) is 0 Å². The number of unbranched alkanes of at least 4 members (excludes halogenated alkanes) is 1. The zero-order valence-electron chi connectivity index (χ0n) is 13.6. The van der Waals surface area contributed by atoms with Gasteiger partial charge in [-0.05, 0) is 31.2 Å². The molecule has 0 spiro atoms. The van der Waals surface area contributed by atoms with Gasteiger partial charge in [0.05, 0.1) is 14.2 Å². The van der Waals surface area contributed by atoms with Crippen molar-refractivity contribution in [2.45, 2.75) is 51.4 Å². The van der Waals surface area contributed by atoms with E-state index in [0.29, 0.717) is 0 Å². The number of benzene rings is 1. The second-order valence-electron chi connectivity index (χ2n) is 6.53. The molecule has 0 fully saturated rings. The van der Waals surface area contributed by atoms with Crippen LogP contribution in [0.5, 0.6) is 0 Å². The summed E-state index contributed by atoms with van der Waals surface area (Å²) in [5.74, 6) is 0.185. The third-order valence-electron chi connectivity index (χ3n) is 4.14. The SMILES string of the molecule is CC(/C=C/C[Si](C)(C)c1ccccc1)C(O)CCCCO. The van der Waals surface area contributed by atoms with Crippen LogP contribution in [0.25, 0.3) is 0 Å². The average Bonchev–Trinajstić information content (AvgIpc) is 2.48. The van der Waals surface area contributed by atoms with Crippen molar-refractivity contribution in [2.75, 3.05) is 6.61 Å². The van der Waals surface area contributed by atoms with Crippen molar-refractivity contribution in [2.24, 2.45) is 5.92 Å². The fraction of sp³-hybridized carbons (Fsp3) is 0.556. The second kappa shape index (κ2) is 9.18. The molecular formula is C18H30O2Si. The maximum atomic E-state index is 10.1. The normalized spacial score (nSPS) is 15.3. The topological polar surface area (TPSA) is 40.5 Å². The van der Waals surface area contributed by atoms with E-state index in [0.717, 1.165) is 25.3 Å². The first-order valence-corrected chi connectivity index (χ1v) is 11.2. The molecule has 0 aliphatic carbocycles. The molecule has 0 saturated heterocycles. The Bertz CT molecular complexity index is 414. The number of rotatable bonds is 9. The lowest BCUT2D eigenvalue weighted by Gasteiger charge is -2.21. The van der Waals surface area contributed by atoms with Crippen LogP contribution in [0, 0.1) is 5.92 Å². The van der Waals surface area contributed by atoms with Crippen molar-refractivity contribution in [3.8, 4) is 0 Å². The Morgan fingerprint density at radius 2 is 1.81 bits per heavy atom. The molecule has 2 N–H and O–H groups in total. The zero-order valence-corrected chi connectivity index (χ0v) is 14.6. The highest BCUT2D eigenvalue weighted by atomic mass is 28.3. The van der Waals surface area contributed by atoms with Crippen LogP contribution in [0.15, 0.2) is 42.5 Å². The molecule has 0 radical (unpaired) electrons. The Kier molecular flexibility index (Phi) is 7.94. The van der Waals surface area contributed by atoms with Crippen LogP contribution >= 0.6 is 0 Å². The van der Waals surface area contributed by atoms with Gasteiger partial charge in [0, 0.05) is 6.61 Å². The van der Waals surface area contributed by atoms with Gasteiger partial charge in [-0.25, -0.2) is 0 Å². The summed E-state index contributed by atoms with van der Waals surface area (Å²) >= 11 is 0.